The lowest BCUT2D eigenvalue weighted by Gasteiger charge is -2.44. The van der Waals surface area contributed by atoms with E-state index in [4.69, 9.17) is 15.7 Å². The minimum atomic E-state index is -0.474. The molecule has 1 aromatic carbocycles. The zero-order valence-electron chi connectivity index (χ0n) is 23.0. The standard InChI is InChI=1S/C29H46N6O/c1-6-29(4,5)21-11-13-22(14-12-21)35-17-15-34(16-18-35)19-25-31-24-10-8-7-9-23(24)28(32-25)33-26(20(2)3)27(30)36/h7-10,20-22,26H,6,11-19H2,1-5H3,(H2,30,36)(H,31,32,33)/t21?,22?,26-/m0/s1. The van der Waals surface area contributed by atoms with E-state index < -0.39 is 6.04 Å². The van der Waals surface area contributed by atoms with E-state index in [2.05, 4.69) is 35.9 Å². The van der Waals surface area contributed by atoms with Gasteiger partial charge in [-0.1, -0.05) is 53.2 Å². The number of piperazine rings is 1. The summed E-state index contributed by atoms with van der Waals surface area (Å²) in [7, 11) is 0. The third-order valence-corrected chi connectivity index (χ3v) is 8.92. The van der Waals surface area contributed by atoms with E-state index in [-0.39, 0.29) is 11.8 Å². The first kappa shape index (κ1) is 26.8. The van der Waals surface area contributed by atoms with E-state index in [1.165, 1.54) is 32.1 Å². The first-order valence-corrected chi connectivity index (χ1v) is 14.0. The maximum atomic E-state index is 12.0. The number of amides is 1. The van der Waals surface area contributed by atoms with Gasteiger partial charge in [0.2, 0.25) is 5.91 Å². The molecule has 0 radical (unpaired) electrons. The average molecular weight is 495 g/mol. The number of hydrogen-bond acceptors (Lipinski definition) is 6. The van der Waals surface area contributed by atoms with Crippen LogP contribution in [0.2, 0.25) is 0 Å². The van der Waals surface area contributed by atoms with Crippen LogP contribution in [-0.4, -0.2) is 63.9 Å². The Kier molecular flexibility index (Phi) is 8.51. The van der Waals surface area contributed by atoms with Gasteiger partial charge in [-0.3, -0.25) is 14.6 Å². The van der Waals surface area contributed by atoms with Crippen molar-refractivity contribution in [1.29, 1.82) is 0 Å². The molecule has 198 valence electrons. The van der Waals surface area contributed by atoms with Crippen molar-refractivity contribution < 1.29 is 4.79 Å². The Morgan fingerprint density at radius 3 is 2.36 bits per heavy atom. The highest BCUT2D eigenvalue weighted by Gasteiger charge is 2.34. The van der Waals surface area contributed by atoms with Gasteiger partial charge in [0.25, 0.3) is 0 Å². The SMILES string of the molecule is CCC(C)(C)C1CCC(N2CCN(Cc3nc(N[C@H](C(N)=O)C(C)C)c4ccccc4n3)CC2)CC1. The normalized spacial score (nSPS) is 23.2. The maximum Gasteiger partial charge on any atom is 0.240 e. The highest BCUT2D eigenvalue weighted by Crippen LogP contribution is 2.41. The topological polar surface area (TPSA) is 87.4 Å². The van der Waals surface area contributed by atoms with Crippen molar-refractivity contribution in [3.63, 3.8) is 0 Å². The van der Waals surface area contributed by atoms with Crippen LogP contribution in [0.4, 0.5) is 5.82 Å². The highest BCUT2D eigenvalue weighted by atomic mass is 16.1. The molecule has 1 aliphatic carbocycles. The van der Waals surface area contributed by atoms with Crippen molar-refractivity contribution in [2.45, 2.75) is 85.4 Å². The van der Waals surface area contributed by atoms with Gasteiger partial charge in [0.1, 0.15) is 17.7 Å². The Hall–Kier alpha value is -2.25. The second-order valence-electron chi connectivity index (χ2n) is 11.9. The molecule has 7 nitrogen and oxygen atoms in total. The third-order valence-electron chi connectivity index (χ3n) is 8.92. The summed E-state index contributed by atoms with van der Waals surface area (Å²) in [6.45, 7) is 16.2. The molecule has 1 atom stereocenters. The van der Waals surface area contributed by atoms with Crippen molar-refractivity contribution in [3.8, 4) is 0 Å². The Labute approximate surface area is 217 Å². The van der Waals surface area contributed by atoms with Crippen LogP contribution in [0.3, 0.4) is 0 Å². The lowest BCUT2D eigenvalue weighted by Crippen LogP contribution is -2.51. The minimum Gasteiger partial charge on any atom is -0.368 e. The van der Waals surface area contributed by atoms with Crippen LogP contribution in [0.15, 0.2) is 24.3 Å². The summed E-state index contributed by atoms with van der Waals surface area (Å²) in [5.74, 6) is 2.06. The van der Waals surface area contributed by atoms with Crippen LogP contribution in [0, 0.1) is 17.3 Å². The van der Waals surface area contributed by atoms with Crippen molar-refractivity contribution in [1.82, 2.24) is 19.8 Å². The van der Waals surface area contributed by atoms with Gasteiger partial charge >= 0.3 is 0 Å². The summed E-state index contributed by atoms with van der Waals surface area (Å²) in [5, 5.41) is 4.23. The molecule has 2 heterocycles. The number of carbonyl (C=O) groups excluding carboxylic acids is 1. The van der Waals surface area contributed by atoms with Gasteiger partial charge in [-0.25, -0.2) is 9.97 Å². The molecule has 1 aliphatic heterocycles. The van der Waals surface area contributed by atoms with Gasteiger partial charge in [-0.2, -0.15) is 0 Å². The quantitative estimate of drug-likeness (QED) is 0.527. The summed E-state index contributed by atoms with van der Waals surface area (Å²) in [5.41, 5.74) is 7.04. The zero-order chi connectivity index (χ0) is 25.9. The number of rotatable bonds is 9. The molecule has 36 heavy (non-hydrogen) atoms. The van der Waals surface area contributed by atoms with Crippen LogP contribution in [0.25, 0.3) is 10.9 Å². The monoisotopic (exact) mass is 494 g/mol. The number of aromatic nitrogens is 2. The van der Waals surface area contributed by atoms with E-state index >= 15 is 0 Å². The smallest absolute Gasteiger partial charge is 0.240 e. The first-order valence-electron chi connectivity index (χ1n) is 14.0. The average Bonchev–Trinajstić information content (AvgIpc) is 2.87. The maximum absolute atomic E-state index is 12.0. The number of nitrogens with zero attached hydrogens (tertiary/aromatic N) is 4. The van der Waals surface area contributed by atoms with Gasteiger partial charge in [-0.05, 0) is 55.1 Å². The summed E-state index contributed by atoms with van der Waals surface area (Å²) in [4.78, 5) is 26.9. The molecule has 0 bridgehead atoms. The predicted molar refractivity (Wildman–Crippen MR) is 148 cm³/mol. The Morgan fingerprint density at radius 2 is 1.75 bits per heavy atom. The minimum absolute atomic E-state index is 0.0656. The molecule has 2 aliphatic rings. The Balaban J connectivity index is 1.38. The predicted octanol–water partition coefficient (Wildman–Crippen LogP) is 4.66. The molecule has 4 rings (SSSR count). The number of hydrogen-bond donors (Lipinski definition) is 2. The first-order chi connectivity index (χ1) is 17.2. The number of benzene rings is 1. The van der Waals surface area contributed by atoms with Crippen LogP contribution >= 0.6 is 0 Å². The van der Waals surface area contributed by atoms with Gasteiger partial charge in [-0.15, -0.1) is 0 Å². The summed E-state index contributed by atoms with van der Waals surface area (Å²) in [6, 6.07) is 8.24. The lowest BCUT2D eigenvalue weighted by molar-refractivity contribution is -0.119. The van der Waals surface area contributed by atoms with Crippen molar-refractivity contribution >= 4 is 22.6 Å². The number of nitrogens with one attached hydrogen (secondary N) is 1. The van der Waals surface area contributed by atoms with Crippen molar-refractivity contribution in [2.24, 2.45) is 23.0 Å². The number of carbonyl (C=O) groups is 1. The molecule has 0 spiro atoms. The molecule has 1 saturated heterocycles. The molecule has 0 unspecified atom stereocenters. The Bertz CT molecular complexity index is 1020. The number of para-hydroxylation sites is 1. The van der Waals surface area contributed by atoms with Crippen molar-refractivity contribution in [3.05, 3.63) is 30.1 Å². The summed E-state index contributed by atoms with van der Waals surface area (Å²) < 4.78 is 0. The van der Waals surface area contributed by atoms with Crippen LogP contribution in [0.1, 0.15) is 72.5 Å². The van der Waals surface area contributed by atoms with Crippen molar-refractivity contribution in [2.75, 3.05) is 31.5 Å². The molecule has 1 aromatic heterocycles. The molecule has 2 fully saturated rings. The number of fused-ring (bicyclic) bond motifs is 1. The molecule has 7 heteroatoms. The second-order valence-corrected chi connectivity index (χ2v) is 11.9. The molecule has 3 N–H and O–H groups in total. The molecular weight excluding hydrogens is 448 g/mol. The van der Waals surface area contributed by atoms with Gasteiger partial charge < -0.3 is 11.1 Å². The van der Waals surface area contributed by atoms with Crippen LogP contribution in [0.5, 0.6) is 0 Å². The lowest BCUT2D eigenvalue weighted by atomic mass is 9.68. The summed E-state index contributed by atoms with van der Waals surface area (Å²) >= 11 is 0. The molecule has 1 amide bonds. The third kappa shape index (κ3) is 6.17. The van der Waals surface area contributed by atoms with E-state index in [1.807, 2.05) is 38.1 Å². The Morgan fingerprint density at radius 1 is 1.08 bits per heavy atom. The highest BCUT2D eigenvalue weighted by molar-refractivity contribution is 5.91. The van der Waals surface area contributed by atoms with Gasteiger partial charge in [0.15, 0.2) is 0 Å². The van der Waals surface area contributed by atoms with E-state index in [1.54, 1.807) is 0 Å². The van der Waals surface area contributed by atoms with Gasteiger partial charge in [0.05, 0.1) is 12.1 Å². The van der Waals surface area contributed by atoms with Crippen LogP contribution < -0.4 is 11.1 Å². The fourth-order valence-corrected chi connectivity index (χ4v) is 6.02. The molecular formula is C29H46N6O. The van der Waals surface area contributed by atoms with Gasteiger partial charge in [0, 0.05) is 37.6 Å². The summed E-state index contributed by atoms with van der Waals surface area (Å²) in [6.07, 6.45) is 6.70. The van der Waals surface area contributed by atoms with E-state index in [9.17, 15) is 4.79 Å². The molecule has 1 saturated carbocycles. The molecule has 2 aromatic rings. The largest absolute Gasteiger partial charge is 0.368 e. The number of primary amides is 1. The number of anilines is 1. The van der Waals surface area contributed by atoms with E-state index in [0.29, 0.717) is 17.8 Å². The number of nitrogens with two attached hydrogens (primary N) is 1. The van der Waals surface area contributed by atoms with E-state index in [0.717, 1.165) is 54.9 Å². The zero-order valence-corrected chi connectivity index (χ0v) is 23.0. The fourth-order valence-electron chi connectivity index (χ4n) is 6.02. The van der Waals surface area contributed by atoms with Crippen LogP contribution in [-0.2, 0) is 11.3 Å². The fraction of sp³-hybridized carbons (Fsp3) is 0.690. The second kappa shape index (κ2) is 11.4.